The molecule has 0 aromatic heterocycles. The van der Waals surface area contributed by atoms with Crippen LogP contribution in [0.15, 0.2) is 137 Å². The van der Waals surface area contributed by atoms with Gasteiger partial charge in [-0.25, -0.2) is 0 Å². The lowest BCUT2D eigenvalue weighted by Gasteiger charge is -2.29. The SMILES string of the molecule is NC(c1cccc(N2CCOCC2)c1)C(F)(F)F.Nc1cccc(/C(=N\O)C(F)(F)F)c1.O/N=C(\c1cccc(N2CCOCC2)c1)C(F)(F)F.O=C(c1cccc([N+](=O)[O-])c1)C(F)(F)F.O=[N+]([O-])c1cccc(/C(=N\O)C(F)(F)F)c1. The molecule has 0 aliphatic carbocycles. The number of alkyl halides is 15. The number of rotatable bonds is 9. The van der Waals surface area contributed by atoms with Crippen molar-refractivity contribution in [3.63, 3.8) is 0 Å². The third-order valence-corrected chi connectivity index (χ3v) is 10.6. The van der Waals surface area contributed by atoms with Gasteiger partial charge in [-0.3, -0.25) is 25.0 Å². The van der Waals surface area contributed by atoms with E-state index in [1.807, 2.05) is 9.80 Å². The minimum absolute atomic E-state index is 0.0893. The molecule has 0 spiro atoms. The van der Waals surface area contributed by atoms with Gasteiger partial charge < -0.3 is 46.4 Å². The molecular formula is C48H44F15N9O10. The van der Waals surface area contributed by atoms with Crippen LogP contribution in [0.5, 0.6) is 0 Å². The standard InChI is InChI=1S/C12H13F3N2O2.C12H15F3N2O.C8H5F3N2O3.C8H7F3N2O.C8H4F3NO3/c13-12(14,15)11(16-18)9-2-1-3-10(8-9)17-4-6-19-7-5-17;13-12(14,15)11(16)9-2-1-3-10(8-9)17-4-6-18-7-5-17;9-8(10,11)7(12-14)5-2-1-3-6(4-5)13(15)16;9-8(10,11)7(13-14)5-2-1-3-6(12)4-5;9-8(10,11)7(13)5-2-1-3-6(4-5)12(14)15/h1-3,8,18H,4-7H2;1-3,8,11H,4-7,16H2;1-4,14H;1-4,14H,12H2;1-4H/b16-11+;;12-7+;13-7+;. The van der Waals surface area contributed by atoms with Gasteiger partial charge in [0.1, 0.15) is 6.04 Å². The second kappa shape index (κ2) is 29.6. The number of nitrogens with zero attached hydrogens (tertiary/aromatic N) is 7. The van der Waals surface area contributed by atoms with Crippen molar-refractivity contribution in [2.75, 3.05) is 68.1 Å². The number of nitro groups is 2. The van der Waals surface area contributed by atoms with Crippen molar-refractivity contribution in [2.45, 2.75) is 36.9 Å². The van der Waals surface area contributed by atoms with E-state index in [-0.39, 0.29) is 22.4 Å². The quantitative estimate of drug-likeness (QED) is 0.0175. The highest BCUT2D eigenvalue weighted by Crippen LogP contribution is 2.33. The van der Waals surface area contributed by atoms with E-state index in [4.69, 9.17) is 36.6 Å². The van der Waals surface area contributed by atoms with Crippen LogP contribution in [0.4, 0.5) is 94.3 Å². The summed E-state index contributed by atoms with van der Waals surface area (Å²) < 4.78 is 195. The monoisotopic (exact) mass is 1190 g/mol. The van der Waals surface area contributed by atoms with Gasteiger partial charge in [0.25, 0.3) is 17.2 Å². The van der Waals surface area contributed by atoms with Gasteiger partial charge in [0.15, 0.2) is 17.1 Å². The highest BCUT2D eigenvalue weighted by atomic mass is 19.4. The van der Waals surface area contributed by atoms with Crippen molar-refractivity contribution >= 4 is 51.4 Å². The van der Waals surface area contributed by atoms with E-state index in [1.54, 1.807) is 18.2 Å². The summed E-state index contributed by atoms with van der Waals surface area (Å²) in [5.41, 5.74) is 5.17. The van der Waals surface area contributed by atoms with Crippen molar-refractivity contribution in [1.29, 1.82) is 0 Å². The predicted molar refractivity (Wildman–Crippen MR) is 262 cm³/mol. The number of oxime groups is 3. The molecule has 2 aliphatic rings. The summed E-state index contributed by atoms with van der Waals surface area (Å²) in [6.07, 6.45) is -23.7. The maximum Gasteiger partial charge on any atom is 0.454 e. The van der Waals surface area contributed by atoms with Crippen LogP contribution < -0.4 is 21.3 Å². The van der Waals surface area contributed by atoms with Crippen molar-refractivity contribution in [2.24, 2.45) is 21.2 Å². The number of carbonyl (C=O) groups excluding carboxylic acids is 1. The molecule has 0 radical (unpaired) electrons. The average Bonchev–Trinajstić information content (AvgIpc) is 3.52. The summed E-state index contributed by atoms with van der Waals surface area (Å²) in [7, 11) is 0. The van der Waals surface area contributed by atoms with E-state index < -0.39 is 92.2 Å². The fraction of sp³-hybridized carbons (Fsp3) is 0.292. The van der Waals surface area contributed by atoms with Crippen molar-refractivity contribution in [1.82, 2.24) is 0 Å². The minimum Gasteiger partial charge on any atom is -0.410 e. The fourth-order valence-electron chi connectivity index (χ4n) is 6.81. The molecule has 2 fully saturated rings. The Morgan fingerprint density at radius 2 is 0.841 bits per heavy atom. The zero-order valence-corrected chi connectivity index (χ0v) is 41.4. The summed E-state index contributed by atoms with van der Waals surface area (Å²) in [4.78, 5) is 33.5. The van der Waals surface area contributed by atoms with Gasteiger partial charge in [-0.15, -0.1) is 0 Å². The van der Waals surface area contributed by atoms with Crippen LogP contribution in [0.2, 0.25) is 0 Å². The molecule has 7 N–H and O–H groups in total. The van der Waals surface area contributed by atoms with E-state index in [2.05, 4.69) is 15.5 Å². The molecule has 0 bridgehead atoms. The molecule has 82 heavy (non-hydrogen) atoms. The summed E-state index contributed by atoms with van der Waals surface area (Å²) in [5, 5.41) is 52.3. The number of ether oxygens (including phenoxy) is 2. The molecule has 7 rings (SSSR count). The molecule has 5 aromatic carbocycles. The number of nitrogens with two attached hydrogens (primary N) is 2. The number of nitrogen functional groups attached to an aromatic ring is 1. The van der Waals surface area contributed by atoms with Crippen molar-refractivity contribution in [3.8, 4) is 0 Å². The van der Waals surface area contributed by atoms with Crippen LogP contribution in [0, 0.1) is 20.2 Å². The van der Waals surface area contributed by atoms with Gasteiger partial charge >= 0.3 is 30.9 Å². The highest BCUT2D eigenvalue weighted by Gasteiger charge is 2.42. The predicted octanol–water partition coefficient (Wildman–Crippen LogP) is 11.0. The third-order valence-electron chi connectivity index (χ3n) is 10.6. The Labute approximate surface area is 452 Å². The summed E-state index contributed by atoms with van der Waals surface area (Å²) in [6.45, 7) is 4.90. The molecule has 2 saturated heterocycles. The van der Waals surface area contributed by atoms with Crippen LogP contribution in [-0.4, -0.2) is 132 Å². The number of benzene rings is 5. The topological polar surface area (TPSA) is 278 Å². The van der Waals surface area contributed by atoms with Crippen molar-refractivity contribution in [3.05, 3.63) is 169 Å². The Hall–Kier alpha value is -8.79. The smallest absolute Gasteiger partial charge is 0.410 e. The second-order valence-electron chi connectivity index (χ2n) is 16.3. The number of hydrogen-bond acceptors (Lipinski definition) is 17. The number of hydrogen-bond donors (Lipinski definition) is 5. The van der Waals surface area contributed by atoms with E-state index in [9.17, 15) is 90.9 Å². The normalized spacial score (nSPS) is 14.9. The number of Topliss-reactive ketones (excluding diaryl/α,β-unsaturated/α-hetero) is 1. The van der Waals surface area contributed by atoms with Gasteiger partial charge in [0.2, 0.25) is 0 Å². The number of anilines is 3. The molecular weight excluding hydrogens is 1150 g/mol. The first-order valence-electron chi connectivity index (χ1n) is 22.7. The van der Waals surface area contributed by atoms with E-state index in [0.29, 0.717) is 70.4 Å². The lowest BCUT2D eigenvalue weighted by molar-refractivity contribution is -0.385. The van der Waals surface area contributed by atoms with Gasteiger partial charge in [0.05, 0.1) is 36.3 Å². The lowest BCUT2D eigenvalue weighted by atomic mass is 10.1. The van der Waals surface area contributed by atoms with Gasteiger partial charge in [-0.05, 0) is 42.0 Å². The second-order valence-corrected chi connectivity index (χ2v) is 16.3. The van der Waals surface area contributed by atoms with E-state index in [1.165, 1.54) is 48.5 Å². The Bertz CT molecular complexity index is 3020. The first kappa shape index (κ1) is 67.5. The Balaban J connectivity index is 0.000000270. The first-order chi connectivity index (χ1) is 38.1. The van der Waals surface area contributed by atoms with Crippen molar-refractivity contribution < 1.29 is 106 Å². The molecule has 446 valence electrons. The van der Waals surface area contributed by atoms with Gasteiger partial charge in [0, 0.05) is 89.8 Å². The molecule has 0 amide bonds. The van der Waals surface area contributed by atoms with Gasteiger partial charge in [-0.1, -0.05) is 76.1 Å². The Kier molecular flexibility index (Phi) is 24.4. The van der Waals surface area contributed by atoms with E-state index in [0.717, 1.165) is 48.2 Å². The van der Waals surface area contributed by atoms with Crippen LogP contribution in [0.1, 0.15) is 38.7 Å². The molecule has 19 nitrogen and oxygen atoms in total. The summed E-state index contributed by atoms with van der Waals surface area (Å²) in [6, 6.07) is 22.5. The largest absolute Gasteiger partial charge is 0.454 e. The zero-order valence-electron chi connectivity index (χ0n) is 41.4. The highest BCUT2D eigenvalue weighted by molar-refractivity contribution is 6.06. The first-order valence-corrected chi connectivity index (χ1v) is 22.7. The van der Waals surface area contributed by atoms with Crippen LogP contribution in [-0.2, 0) is 9.47 Å². The zero-order chi connectivity index (χ0) is 61.8. The number of morpholine rings is 2. The lowest BCUT2D eigenvalue weighted by Crippen LogP contribution is -2.36. The summed E-state index contributed by atoms with van der Waals surface area (Å²) >= 11 is 0. The number of ketones is 1. The average molecular weight is 1190 g/mol. The van der Waals surface area contributed by atoms with Crippen LogP contribution in [0.3, 0.4) is 0 Å². The van der Waals surface area contributed by atoms with Gasteiger partial charge in [-0.2, -0.15) is 65.9 Å². The number of carbonyl (C=O) groups is 1. The Morgan fingerprint density at radius 1 is 0.500 bits per heavy atom. The summed E-state index contributed by atoms with van der Waals surface area (Å²) in [5.74, 6) is -2.09. The van der Waals surface area contributed by atoms with Crippen LogP contribution in [0.25, 0.3) is 0 Å². The maximum absolute atomic E-state index is 12.7. The molecule has 2 heterocycles. The number of nitro benzene ring substituents is 2. The number of halogens is 15. The molecule has 5 aromatic rings. The molecule has 0 saturated carbocycles. The Morgan fingerprint density at radius 3 is 1.21 bits per heavy atom. The maximum atomic E-state index is 12.7. The minimum atomic E-state index is -5.02. The molecule has 1 atom stereocenters. The molecule has 2 aliphatic heterocycles. The molecule has 34 heteroatoms. The van der Waals surface area contributed by atoms with E-state index >= 15 is 0 Å². The van der Waals surface area contributed by atoms with Crippen LogP contribution >= 0.6 is 0 Å². The number of non-ortho nitro benzene ring substituents is 2. The fourth-order valence-corrected chi connectivity index (χ4v) is 6.81. The molecule has 1 unspecified atom stereocenters. The third kappa shape index (κ3) is 21.0.